The third-order valence-electron chi connectivity index (χ3n) is 23.5. The molecule has 20 rings (SSSR count). The molecule has 0 saturated heterocycles. The van der Waals surface area contributed by atoms with Gasteiger partial charge in [-0.3, -0.25) is 0 Å². The lowest BCUT2D eigenvalue weighted by molar-refractivity contribution is -0.662. The summed E-state index contributed by atoms with van der Waals surface area (Å²) in [4.78, 5) is 0. The van der Waals surface area contributed by atoms with E-state index in [1.54, 1.807) is 176 Å². The summed E-state index contributed by atoms with van der Waals surface area (Å²) in [6, 6.07) is 69.5. The number of fused-ring (bicyclic) bond motifs is 15. The minimum absolute atomic E-state index is 0.00547. The Morgan fingerprint density at radius 2 is 0.538 bits per heavy atom. The lowest BCUT2D eigenvalue weighted by Crippen LogP contribution is -2.32. The van der Waals surface area contributed by atoms with Crippen LogP contribution >= 0.6 is 0 Å². The molecule has 119 heavy (non-hydrogen) atoms. The van der Waals surface area contributed by atoms with Gasteiger partial charge in [0.05, 0.1) is 29.2 Å². The van der Waals surface area contributed by atoms with Crippen molar-refractivity contribution in [1.82, 2.24) is 0 Å². The van der Waals surface area contributed by atoms with E-state index in [0.717, 1.165) is 50.3 Å². The van der Waals surface area contributed by atoms with Crippen LogP contribution in [-0.2, 0) is 64.9 Å². The number of halogens is 11. The van der Waals surface area contributed by atoms with Crippen LogP contribution in [0.3, 0.4) is 0 Å². The first-order chi connectivity index (χ1) is 58.3. The molecular formula is C103H85F11N5+5. The fraction of sp³-hybridized carbons (Fsp3) is 0.175. The third kappa shape index (κ3) is 13.3. The molecule has 5 aliphatic rings. The van der Waals surface area contributed by atoms with Crippen molar-refractivity contribution in [2.24, 2.45) is 35.2 Å². The molecule has 594 valence electrons. The van der Waals surface area contributed by atoms with Gasteiger partial charge in [-0.15, -0.1) is 0 Å². The molecule has 0 N–H and O–H groups in total. The predicted octanol–water partition coefficient (Wildman–Crippen LogP) is 24.1. The molecule has 0 fully saturated rings. The molecule has 0 amide bonds. The normalized spacial score (nSPS) is 15.0. The van der Waals surface area contributed by atoms with E-state index >= 15 is 43.9 Å². The van der Waals surface area contributed by atoms with Crippen molar-refractivity contribution in [2.45, 2.75) is 84.9 Å². The molecule has 5 aliphatic carbocycles. The van der Waals surface area contributed by atoms with Crippen molar-refractivity contribution in [3.8, 4) is 112 Å². The van der Waals surface area contributed by atoms with Crippen LogP contribution in [0.5, 0.6) is 0 Å². The summed E-state index contributed by atoms with van der Waals surface area (Å²) in [5.41, 5.74) is 18.9. The number of hydrogen-bond donors (Lipinski definition) is 0. The van der Waals surface area contributed by atoms with E-state index in [2.05, 4.69) is 0 Å². The predicted molar refractivity (Wildman–Crippen MR) is 445 cm³/mol. The molecule has 5 nitrogen and oxygen atoms in total. The first kappa shape index (κ1) is 75.0. The second-order valence-electron chi connectivity index (χ2n) is 31.3. The number of aryl methyl sites for hydroxylation is 13. The van der Waals surface area contributed by atoms with Crippen LogP contribution in [0.1, 0.15) is 106 Å². The van der Waals surface area contributed by atoms with Crippen LogP contribution in [0.2, 0.25) is 0 Å². The number of rotatable bonds is 5. The summed E-state index contributed by atoms with van der Waals surface area (Å²) in [6.45, 7) is 10.9. The number of pyridine rings is 5. The minimum Gasteiger partial charge on any atom is -0.201 e. The molecule has 15 aromatic rings. The first-order valence-electron chi connectivity index (χ1n) is 40.9. The molecule has 0 unspecified atom stereocenters. The fourth-order valence-corrected chi connectivity index (χ4v) is 18.0. The van der Waals surface area contributed by atoms with Gasteiger partial charge in [0, 0.05) is 113 Å². The van der Waals surface area contributed by atoms with E-state index < -0.39 is 42.3 Å². The van der Waals surface area contributed by atoms with Gasteiger partial charge in [-0.25, -0.2) is 22.7 Å². The Kier molecular flexibility index (Phi) is 18.9. The number of alkyl halides is 10. The Balaban J connectivity index is 0.000000114. The highest BCUT2D eigenvalue weighted by molar-refractivity contribution is 5.92. The SMILES string of the molecule is Cc1ccc(-c2c(C)ccc3c2C(F)(F)c2ccccc2-3)[n+](C)c1.Cc1ccc2c(c1)-c1ccc(C)c(-c3cccc[n+]3C)c1C2(F)F.Cc1ccc2c(c1-c1ccc(F)c[n+]1C)C(F)(F)c1ccccc1-2.[2H]C([2H])([2H])c1ccc(-c2c(C)ccc3c2C(F)(F)c2ccccc2-3)[n+](C)c1.[2H]c1ccc(-c2c(C)ccc3c2C(F)(F)c2ccccc2-3)[n+](C)c1. The molecule has 0 radical (unpaired) electrons. The summed E-state index contributed by atoms with van der Waals surface area (Å²) in [6.07, 6.45) is 8.27. The molecule has 0 bridgehead atoms. The second kappa shape index (κ2) is 30.0. The second-order valence-corrected chi connectivity index (χ2v) is 31.3. The highest BCUT2D eigenvalue weighted by Gasteiger charge is 2.53. The molecule has 0 spiro atoms. The van der Waals surface area contributed by atoms with E-state index in [1.807, 2.05) is 155 Å². The lowest BCUT2D eigenvalue weighted by Gasteiger charge is -2.17. The summed E-state index contributed by atoms with van der Waals surface area (Å²) >= 11 is 0. The highest BCUT2D eigenvalue weighted by atomic mass is 19.3. The average Bonchev–Trinajstić information content (AvgIpc) is 1.59. The van der Waals surface area contributed by atoms with Gasteiger partial charge in [-0.2, -0.15) is 48.5 Å². The zero-order valence-corrected chi connectivity index (χ0v) is 67.4. The van der Waals surface area contributed by atoms with Crippen molar-refractivity contribution in [2.75, 3.05) is 0 Å². The first-order valence-corrected chi connectivity index (χ1v) is 38.9. The van der Waals surface area contributed by atoms with Gasteiger partial charge in [0.15, 0.2) is 30.6 Å². The van der Waals surface area contributed by atoms with Crippen LogP contribution in [0.25, 0.3) is 112 Å². The fourth-order valence-electron chi connectivity index (χ4n) is 18.0. The van der Waals surface area contributed by atoms with Crippen LogP contribution < -0.4 is 22.8 Å². The molecular weight excluding hydrogens is 1520 g/mol. The minimum atomic E-state index is -3.11. The van der Waals surface area contributed by atoms with Crippen LogP contribution in [0, 0.1) is 61.1 Å². The molecule has 10 aromatic carbocycles. The average molecular weight is 1610 g/mol. The van der Waals surface area contributed by atoms with Crippen LogP contribution in [0.4, 0.5) is 48.3 Å². The number of hydrogen-bond acceptors (Lipinski definition) is 0. The maximum absolute atomic E-state index is 15.4. The number of aromatic nitrogens is 5. The largest absolute Gasteiger partial charge is 0.300 e. The van der Waals surface area contributed by atoms with Crippen molar-refractivity contribution >= 4 is 0 Å². The third-order valence-corrected chi connectivity index (χ3v) is 23.5. The molecule has 0 aliphatic heterocycles. The summed E-state index contributed by atoms with van der Waals surface area (Å²) in [5.74, 6) is -15.6. The van der Waals surface area contributed by atoms with Crippen LogP contribution in [0.15, 0.2) is 280 Å². The maximum atomic E-state index is 15.4. The van der Waals surface area contributed by atoms with Crippen molar-refractivity contribution < 1.29 is 76.6 Å². The lowest BCUT2D eigenvalue weighted by atomic mass is 9.92. The molecule has 5 heterocycles. The monoisotopic (exact) mass is 1600 g/mol. The Hall–Kier alpha value is -12.8. The number of benzene rings is 10. The van der Waals surface area contributed by atoms with E-state index in [0.29, 0.717) is 107 Å². The quantitative estimate of drug-likeness (QED) is 0.121. The van der Waals surface area contributed by atoms with E-state index in [-0.39, 0.29) is 61.2 Å². The summed E-state index contributed by atoms with van der Waals surface area (Å²) in [7, 11) is 8.92. The Bertz CT molecular complexity index is 6490. The van der Waals surface area contributed by atoms with Crippen molar-refractivity contribution in [1.29, 1.82) is 0 Å². The summed E-state index contributed by atoms with van der Waals surface area (Å²) < 4.78 is 205. The van der Waals surface area contributed by atoms with E-state index in [9.17, 15) is 4.39 Å². The van der Waals surface area contributed by atoms with Crippen molar-refractivity contribution in [3.63, 3.8) is 0 Å². The topological polar surface area (TPSA) is 19.4 Å². The Labute approximate surface area is 690 Å². The standard InChI is InChI=1S/3C21H18F2N.C20H15F3N.C20H16F2N/c1-13-7-10-17-16(12-13)15-9-8-14(2)19(20(15)21(17,22)23)18-6-4-5-11-24(18)3;2*1-13-8-11-18(24(3)12-13)19-14(2)9-10-16-15-6-4-5-7-17(15)21(22,23)20(16)19;1-12-7-9-15-14-5-3-4-6-16(14)20(22,23)19(15)18(12)17-10-8-13(21)11-24(17)2;1-13-10-11-15-14-7-3-4-8-16(14)20(21,22)19(15)18(13)17-9-5-6-12-23(17)2/h3*4-12H,1-3H3;3-11H,1-2H3;3-12H,1-2H3/q5*+1/i;1D3;;;6D. The number of nitrogens with zero attached hydrogens (tertiary/aromatic N) is 5. The van der Waals surface area contributed by atoms with Crippen molar-refractivity contribution in [3.05, 3.63) is 386 Å². The van der Waals surface area contributed by atoms with Gasteiger partial charge < -0.3 is 0 Å². The zero-order valence-electron chi connectivity index (χ0n) is 71.4. The van der Waals surface area contributed by atoms with Gasteiger partial charge >= 0.3 is 0 Å². The van der Waals surface area contributed by atoms with Crippen LogP contribution in [-0.4, -0.2) is 0 Å². The van der Waals surface area contributed by atoms with Gasteiger partial charge in [0.25, 0.3) is 29.6 Å². The van der Waals surface area contributed by atoms with E-state index in [4.69, 9.17) is 5.48 Å². The summed E-state index contributed by atoms with van der Waals surface area (Å²) in [5, 5.41) is 0. The molecule has 16 heteroatoms. The molecule has 0 atom stereocenters. The van der Waals surface area contributed by atoms with Gasteiger partial charge in [0.1, 0.15) is 35.2 Å². The van der Waals surface area contributed by atoms with E-state index in [1.165, 1.54) is 48.8 Å². The smallest absolute Gasteiger partial charge is 0.201 e. The molecule has 5 aromatic heterocycles. The molecule has 0 saturated carbocycles. The Morgan fingerprint density at radius 3 is 0.882 bits per heavy atom. The zero-order chi connectivity index (χ0) is 87.8. The van der Waals surface area contributed by atoms with Gasteiger partial charge in [-0.1, -0.05) is 181 Å². The van der Waals surface area contributed by atoms with Gasteiger partial charge in [-0.05, 0) is 169 Å². The Morgan fingerprint density at radius 1 is 0.252 bits per heavy atom. The van der Waals surface area contributed by atoms with Gasteiger partial charge in [0.2, 0.25) is 34.7 Å². The highest BCUT2D eigenvalue weighted by Crippen LogP contribution is 2.60. The maximum Gasteiger partial charge on any atom is 0.300 e.